The molecule has 1 fully saturated rings. The van der Waals surface area contributed by atoms with Crippen LogP contribution in [-0.4, -0.2) is 40.2 Å². The molecule has 22 heavy (non-hydrogen) atoms. The number of methoxy groups -OCH3 is 1. The summed E-state index contributed by atoms with van der Waals surface area (Å²) in [5.74, 6) is 0.442. The van der Waals surface area contributed by atoms with Crippen LogP contribution in [0.1, 0.15) is 47.5 Å². The number of hydrogen-bond acceptors (Lipinski definition) is 4. The van der Waals surface area contributed by atoms with Crippen molar-refractivity contribution in [3.63, 3.8) is 0 Å². The quantitative estimate of drug-likeness (QED) is 0.545. The molecular formula is C17H34O4Si. The van der Waals surface area contributed by atoms with Crippen LogP contribution in [0.3, 0.4) is 0 Å². The van der Waals surface area contributed by atoms with Crippen molar-refractivity contribution >= 4 is 14.6 Å². The predicted octanol–water partition coefficient (Wildman–Crippen LogP) is 4.00. The van der Waals surface area contributed by atoms with Crippen molar-refractivity contribution in [1.82, 2.24) is 0 Å². The first-order valence-electron chi connectivity index (χ1n) is 8.35. The lowest BCUT2D eigenvalue weighted by atomic mass is 9.84. The lowest BCUT2D eigenvalue weighted by molar-refractivity contribution is -0.250. The molecule has 0 spiro atoms. The third-order valence-corrected chi connectivity index (χ3v) is 9.87. The predicted molar refractivity (Wildman–Crippen MR) is 91.4 cm³/mol. The van der Waals surface area contributed by atoms with Gasteiger partial charge in [0.15, 0.2) is 14.6 Å². The Morgan fingerprint density at radius 1 is 1.18 bits per heavy atom. The summed E-state index contributed by atoms with van der Waals surface area (Å²) in [6.45, 7) is 15.6. The molecule has 0 aliphatic carbocycles. The Morgan fingerprint density at radius 3 is 2.23 bits per heavy atom. The Hall–Kier alpha value is -0.233. The molecule has 0 N–H and O–H groups in total. The van der Waals surface area contributed by atoms with Crippen LogP contribution in [0.25, 0.3) is 0 Å². The van der Waals surface area contributed by atoms with Crippen molar-refractivity contribution < 1.29 is 18.7 Å². The molecule has 5 atom stereocenters. The van der Waals surface area contributed by atoms with E-state index in [4.69, 9.17) is 13.9 Å². The molecule has 0 unspecified atom stereocenters. The first kappa shape index (κ1) is 19.8. The molecule has 1 rings (SSSR count). The summed E-state index contributed by atoms with van der Waals surface area (Å²) in [4.78, 5) is 10.7. The highest BCUT2D eigenvalue weighted by atomic mass is 28.4. The van der Waals surface area contributed by atoms with E-state index in [1.807, 2.05) is 0 Å². The SMILES string of the molecule is CO[C@@H]1O[C@@H](CCC=O)[C@H](C)[C@H](O[Si](C)(C)C(C)(C)C)[C@H]1C. The molecule has 130 valence electrons. The first-order valence-corrected chi connectivity index (χ1v) is 11.3. The minimum Gasteiger partial charge on any atom is -0.413 e. The van der Waals surface area contributed by atoms with Gasteiger partial charge in [-0.15, -0.1) is 0 Å². The average molecular weight is 331 g/mol. The van der Waals surface area contributed by atoms with Crippen molar-refractivity contribution in [2.45, 2.75) is 84.1 Å². The largest absolute Gasteiger partial charge is 0.413 e. The van der Waals surface area contributed by atoms with Crippen LogP contribution in [0.15, 0.2) is 0 Å². The second-order valence-electron chi connectivity index (χ2n) is 8.08. The maximum Gasteiger partial charge on any atom is 0.192 e. The number of aldehydes is 1. The van der Waals surface area contributed by atoms with Gasteiger partial charge in [0, 0.05) is 25.4 Å². The zero-order chi connectivity index (χ0) is 17.1. The summed E-state index contributed by atoms with van der Waals surface area (Å²) in [7, 11) is -0.182. The van der Waals surface area contributed by atoms with Gasteiger partial charge in [0.25, 0.3) is 0 Å². The van der Waals surface area contributed by atoms with Crippen molar-refractivity contribution in [3.8, 4) is 0 Å². The highest BCUT2D eigenvalue weighted by Crippen LogP contribution is 2.42. The third kappa shape index (κ3) is 4.40. The second-order valence-corrected chi connectivity index (χ2v) is 12.8. The second kappa shape index (κ2) is 7.56. The molecule has 0 saturated carbocycles. The molecule has 4 nitrogen and oxygen atoms in total. The zero-order valence-electron chi connectivity index (χ0n) is 15.5. The highest BCUT2D eigenvalue weighted by molar-refractivity contribution is 6.74. The number of rotatable bonds is 6. The summed E-state index contributed by atoms with van der Waals surface area (Å²) >= 11 is 0. The van der Waals surface area contributed by atoms with E-state index in [2.05, 4.69) is 47.7 Å². The van der Waals surface area contributed by atoms with Crippen LogP contribution in [0, 0.1) is 11.8 Å². The van der Waals surface area contributed by atoms with Crippen molar-refractivity contribution in [1.29, 1.82) is 0 Å². The molecular weight excluding hydrogens is 296 g/mol. The minimum absolute atomic E-state index is 0.0149. The molecule has 1 heterocycles. The third-order valence-electron chi connectivity index (χ3n) is 5.40. The van der Waals surface area contributed by atoms with Gasteiger partial charge in [-0.25, -0.2) is 0 Å². The lowest BCUT2D eigenvalue weighted by Gasteiger charge is -2.49. The van der Waals surface area contributed by atoms with Gasteiger partial charge in [0.05, 0.1) is 12.2 Å². The summed E-state index contributed by atoms with van der Waals surface area (Å²) in [5, 5.41) is 0.172. The minimum atomic E-state index is -1.86. The topological polar surface area (TPSA) is 44.8 Å². The Kier molecular flexibility index (Phi) is 6.81. The van der Waals surface area contributed by atoms with E-state index < -0.39 is 8.32 Å². The Labute approximate surface area is 137 Å². The molecule has 1 aliphatic rings. The van der Waals surface area contributed by atoms with Crippen molar-refractivity contribution in [2.24, 2.45) is 11.8 Å². The number of carbonyl (C=O) groups is 1. The monoisotopic (exact) mass is 330 g/mol. The van der Waals surface area contributed by atoms with Crippen LogP contribution in [0.4, 0.5) is 0 Å². The first-order chi connectivity index (χ1) is 10.0. The Balaban J connectivity index is 2.94. The lowest BCUT2D eigenvalue weighted by Crippen LogP contribution is -2.55. The van der Waals surface area contributed by atoms with Crippen molar-refractivity contribution in [3.05, 3.63) is 0 Å². The van der Waals surface area contributed by atoms with Gasteiger partial charge < -0.3 is 18.7 Å². The van der Waals surface area contributed by atoms with E-state index in [9.17, 15) is 4.79 Å². The summed E-state index contributed by atoms with van der Waals surface area (Å²) in [6, 6.07) is 0. The number of hydrogen-bond donors (Lipinski definition) is 0. The van der Waals surface area contributed by atoms with Gasteiger partial charge in [0.2, 0.25) is 0 Å². The fourth-order valence-corrected chi connectivity index (χ4v) is 4.29. The van der Waals surface area contributed by atoms with E-state index in [0.717, 1.165) is 12.7 Å². The fraction of sp³-hybridized carbons (Fsp3) is 0.941. The summed E-state index contributed by atoms with van der Waals surface area (Å²) in [6.07, 6.45) is 2.07. The van der Waals surface area contributed by atoms with Gasteiger partial charge in [-0.1, -0.05) is 34.6 Å². The van der Waals surface area contributed by atoms with Crippen LogP contribution in [-0.2, 0) is 18.7 Å². The molecule has 0 amide bonds. The molecule has 0 aromatic heterocycles. The van der Waals surface area contributed by atoms with E-state index in [0.29, 0.717) is 6.42 Å². The van der Waals surface area contributed by atoms with E-state index in [1.165, 1.54) is 0 Å². The smallest absolute Gasteiger partial charge is 0.192 e. The van der Waals surface area contributed by atoms with Gasteiger partial charge in [-0.3, -0.25) is 0 Å². The van der Waals surface area contributed by atoms with E-state index in [-0.39, 0.29) is 35.4 Å². The maximum atomic E-state index is 10.7. The zero-order valence-corrected chi connectivity index (χ0v) is 16.5. The Bertz CT molecular complexity index is 364. The van der Waals surface area contributed by atoms with Gasteiger partial charge in [-0.05, 0) is 24.6 Å². The fourth-order valence-electron chi connectivity index (χ4n) is 2.83. The molecule has 1 aliphatic heterocycles. The molecule has 0 radical (unpaired) electrons. The Morgan fingerprint density at radius 2 is 1.77 bits per heavy atom. The molecule has 5 heteroatoms. The molecule has 1 saturated heterocycles. The highest BCUT2D eigenvalue weighted by Gasteiger charge is 2.47. The normalized spacial score (nSPS) is 33.7. The van der Waals surface area contributed by atoms with Crippen LogP contribution >= 0.6 is 0 Å². The van der Waals surface area contributed by atoms with E-state index in [1.54, 1.807) is 7.11 Å². The molecule has 0 aromatic rings. The number of carbonyl (C=O) groups excluding carboxylic acids is 1. The molecule has 0 aromatic carbocycles. The van der Waals surface area contributed by atoms with Gasteiger partial charge in [-0.2, -0.15) is 0 Å². The molecule has 0 bridgehead atoms. The van der Waals surface area contributed by atoms with Crippen molar-refractivity contribution in [2.75, 3.05) is 7.11 Å². The van der Waals surface area contributed by atoms with Gasteiger partial charge in [0.1, 0.15) is 6.29 Å². The van der Waals surface area contributed by atoms with Crippen LogP contribution in [0.5, 0.6) is 0 Å². The van der Waals surface area contributed by atoms with E-state index >= 15 is 0 Å². The average Bonchev–Trinajstić information content (AvgIpc) is 2.41. The summed E-state index contributed by atoms with van der Waals surface area (Å²) in [5.41, 5.74) is 0. The maximum absolute atomic E-state index is 10.7. The van der Waals surface area contributed by atoms with Crippen LogP contribution < -0.4 is 0 Å². The summed E-state index contributed by atoms with van der Waals surface area (Å²) < 4.78 is 18.3. The standard InChI is InChI=1S/C17H34O4Si/c1-12-14(10-9-11-18)20-16(19-6)13(2)15(12)21-22(7,8)17(3,4)5/h11-16H,9-10H2,1-8H3/t12-,13+,14-,15-,16+/m0/s1. The van der Waals surface area contributed by atoms with Gasteiger partial charge >= 0.3 is 0 Å². The van der Waals surface area contributed by atoms with Crippen LogP contribution in [0.2, 0.25) is 18.1 Å². The number of ether oxygens (including phenoxy) is 2.